The Morgan fingerprint density at radius 3 is 2.39 bits per heavy atom. The molecule has 0 aliphatic heterocycles. The van der Waals surface area contributed by atoms with Crippen molar-refractivity contribution >= 4 is 27.7 Å². The molecule has 0 aliphatic carbocycles. The molecule has 7 heteroatoms. The first-order chi connectivity index (χ1) is 15.1. The fourth-order valence-electron chi connectivity index (χ4n) is 3.61. The average Bonchev–Trinajstić information content (AvgIpc) is 3.25. The van der Waals surface area contributed by atoms with Crippen molar-refractivity contribution in [3.63, 3.8) is 0 Å². The number of para-hydroxylation sites is 3. The molecule has 31 heavy (non-hydrogen) atoms. The van der Waals surface area contributed by atoms with Crippen molar-refractivity contribution in [2.45, 2.75) is 13.0 Å². The van der Waals surface area contributed by atoms with Gasteiger partial charge in [-0.2, -0.15) is 9.78 Å². The molecule has 0 bridgehead atoms. The van der Waals surface area contributed by atoms with Crippen LogP contribution in [0.5, 0.6) is 0 Å². The van der Waals surface area contributed by atoms with E-state index in [4.69, 9.17) is 0 Å². The number of benzene rings is 3. The number of hydrogen-bond acceptors (Lipinski definition) is 4. The number of rotatable bonds is 4. The summed E-state index contributed by atoms with van der Waals surface area (Å²) in [5, 5.41) is 8.32. The van der Waals surface area contributed by atoms with E-state index in [1.807, 2.05) is 49.4 Å². The van der Waals surface area contributed by atoms with Crippen LogP contribution in [0.25, 0.3) is 27.5 Å². The van der Waals surface area contributed by atoms with E-state index >= 15 is 0 Å². The molecular formula is C24H19N5O2. The Morgan fingerprint density at radius 2 is 1.61 bits per heavy atom. The van der Waals surface area contributed by atoms with Gasteiger partial charge in [-0.05, 0) is 37.3 Å². The summed E-state index contributed by atoms with van der Waals surface area (Å²) in [6.45, 7) is 1.85. The summed E-state index contributed by atoms with van der Waals surface area (Å²) in [6.07, 6.45) is 0. The van der Waals surface area contributed by atoms with Gasteiger partial charge in [-0.25, -0.2) is 4.98 Å². The molecule has 0 radical (unpaired) electrons. The number of nitrogens with one attached hydrogen (secondary N) is 2. The maximum Gasteiger partial charge on any atom is 0.279 e. The van der Waals surface area contributed by atoms with Crippen LogP contribution in [-0.4, -0.2) is 25.7 Å². The molecule has 7 nitrogen and oxygen atoms in total. The van der Waals surface area contributed by atoms with Crippen molar-refractivity contribution in [3.05, 3.63) is 101 Å². The molecule has 0 saturated heterocycles. The van der Waals surface area contributed by atoms with E-state index in [-0.39, 0.29) is 23.2 Å². The number of fused-ring (bicyclic) bond motifs is 2. The van der Waals surface area contributed by atoms with Crippen LogP contribution in [0.3, 0.4) is 0 Å². The molecule has 1 atom stereocenters. The van der Waals surface area contributed by atoms with Crippen LogP contribution >= 0.6 is 0 Å². The smallest absolute Gasteiger partial charge is 0.279 e. The largest absolute Gasteiger partial charge is 0.341 e. The van der Waals surface area contributed by atoms with Crippen molar-refractivity contribution in [2.24, 2.45) is 0 Å². The molecule has 0 spiro atoms. The number of carbonyl (C=O) groups is 1. The molecule has 1 unspecified atom stereocenters. The second kappa shape index (κ2) is 7.53. The van der Waals surface area contributed by atoms with Gasteiger partial charge in [0.1, 0.15) is 5.82 Å². The highest BCUT2D eigenvalue weighted by molar-refractivity contribution is 6.05. The molecule has 2 N–H and O–H groups in total. The zero-order valence-electron chi connectivity index (χ0n) is 16.7. The van der Waals surface area contributed by atoms with E-state index < -0.39 is 0 Å². The lowest BCUT2D eigenvalue weighted by atomic mass is 10.1. The first-order valence-electron chi connectivity index (χ1n) is 9.95. The predicted molar refractivity (Wildman–Crippen MR) is 119 cm³/mol. The fraction of sp³-hybridized carbons (Fsp3) is 0.0833. The van der Waals surface area contributed by atoms with Gasteiger partial charge >= 0.3 is 0 Å². The van der Waals surface area contributed by atoms with E-state index in [0.717, 1.165) is 11.0 Å². The van der Waals surface area contributed by atoms with Crippen LogP contribution in [0.1, 0.15) is 29.3 Å². The number of H-pyrrole nitrogens is 1. The van der Waals surface area contributed by atoms with Crippen LogP contribution in [0.4, 0.5) is 0 Å². The number of carbonyl (C=O) groups excluding carboxylic acids is 1. The number of aromatic amines is 1. The highest BCUT2D eigenvalue weighted by Crippen LogP contribution is 2.18. The number of aromatic nitrogens is 4. The molecule has 5 rings (SSSR count). The lowest BCUT2D eigenvalue weighted by Gasteiger charge is -2.14. The first kappa shape index (κ1) is 18.7. The van der Waals surface area contributed by atoms with Gasteiger partial charge in [0, 0.05) is 5.39 Å². The minimum Gasteiger partial charge on any atom is -0.341 e. The summed E-state index contributed by atoms with van der Waals surface area (Å²) in [6, 6.07) is 23.4. The summed E-state index contributed by atoms with van der Waals surface area (Å²) in [4.78, 5) is 34.0. The summed E-state index contributed by atoms with van der Waals surface area (Å²) in [7, 11) is 0. The summed E-state index contributed by atoms with van der Waals surface area (Å²) < 4.78 is 1.27. The molecule has 0 fully saturated rings. The monoisotopic (exact) mass is 409 g/mol. The lowest BCUT2D eigenvalue weighted by molar-refractivity contribution is 0.0933. The molecule has 3 aromatic carbocycles. The first-order valence-corrected chi connectivity index (χ1v) is 9.95. The van der Waals surface area contributed by atoms with Gasteiger partial charge in [0.05, 0.1) is 28.1 Å². The third kappa shape index (κ3) is 3.36. The third-order valence-corrected chi connectivity index (χ3v) is 5.19. The van der Waals surface area contributed by atoms with Crippen molar-refractivity contribution in [3.8, 4) is 5.69 Å². The third-order valence-electron chi connectivity index (χ3n) is 5.19. The lowest BCUT2D eigenvalue weighted by Crippen LogP contribution is -2.32. The molecule has 5 aromatic rings. The predicted octanol–water partition coefficient (Wildman–Crippen LogP) is 3.75. The standard InChI is InChI=1S/C24H19N5O2/c1-15(22-26-19-13-7-8-14-20(19)27-22)25-23(30)21-17-11-5-6-12-18(17)24(31)29(28-21)16-9-3-2-4-10-16/h2-15H,1H3,(H,25,30)(H,26,27). The topological polar surface area (TPSA) is 92.7 Å². The SMILES string of the molecule is CC(NC(=O)c1nn(-c2ccccc2)c(=O)c2ccccc12)c1nc2ccccc2[nH]1. The van der Waals surface area contributed by atoms with Crippen LogP contribution in [-0.2, 0) is 0 Å². The second-order valence-corrected chi connectivity index (χ2v) is 7.28. The second-order valence-electron chi connectivity index (χ2n) is 7.28. The van der Waals surface area contributed by atoms with Gasteiger partial charge in [0.15, 0.2) is 5.69 Å². The van der Waals surface area contributed by atoms with Crippen LogP contribution < -0.4 is 10.9 Å². The van der Waals surface area contributed by atoms with Crippen LogP contribution in [0, 0.1) is 0 Å². The number of amides is 1. The molecule has 152 valence electrons. The minimum atomic E-state index is -0.381. The Bertz CT molecular complexity index is 1440. The highest BCUT2D eigenvalue weighted by Gasteiger charge is 2.20. The van der Waals surface area contributed by atoms with Gasteiger partial charge in [-0.1, -0.05) is 48.5 Å². The Labute approximate surface area is 177 Å². The number of nitrogens with zero attached hydrogens (tertiary/aromatic N) is 3. The van der Waals surface area contributed by atoms with Gasteiger partial charge < -0.3 is 10.3 Å². The van der Waals surface area contributed by atoms with Crippen molar-refractivity contribution in [2.75, 3.05) is 0 Å². The number of imidazole rings is 1. The molecular weight excluding hydrogens is 390 g/mol. The zero-order chi connectivity index (χ0) is 21.4. The fourth-order valence-corrected chi connectivity index (χ4v) is 3.61. The van der Waals surface area contributed by atoms with Crippen molar-refractivity contribution in [1.82, 2.24) is 25.1 Å². The average molecular weight is 409 g/mol. The molecule has 2 heterocycles. The maximum absolute atomic E-state index is 13.2. The van der Waals surface area contributed by atoms with E-state index in [1.165, 1.54) is 4.68 Å². The Hall–Kier alpha value is -4.26. The van der Waals surface area contributed by atoms with Gasteiger partial charge in [-0.3, -0.25) is 9.59 Å². The number of hydrogen-bond donors (Lipinski definition) is 2. The Kier molecular flexibility index (Phi) is 4.55. The summed E-state index contributed by atoms with van der Waals surface area (Å²) in [5.74, 6) is 0.268. The van der Waals surface area contributed by atoms with E-state index in [1.54, 1.807) is 36.4 Å². The van der Waals surface area contributed by atoms with E-state index in [9.17, 15) is 9.59 Å². The summed E-state index contributed by atoms with van der Waals surface area (Å²) >= 11 is 0. The Morgan fingerprint density at radius 1 is 0.935 bits per heavy atom. The van der Waals surface area contributed by atoms with Crippen LogP contribution in [0.15, 0.2) is 83.7 Å². The summed E-state index contributed by atoms with van der Waals surface area (Å²) in [5.41, 5.74) is 2.24. The highest BCUT2D eigenvalue weighted by atomic mass is 16.2. The van der Waals surface area contributed by atoms with E-state index in [0.29, 0.717) is 22.3 Å². The minimum absolute atomic E-state index is 0.182. The molecule has 1 amide bonds. The van der Waals surface area contributed by atoms with Gasteiger partial charge in [0.25, 0.3) is 11.5 Å². The van der Waals surface area contributed by atoms with Gasteiger partial charge in [0.2, 0.25) is 0 Å². The van der Waals surface area contributed by atoms with Gasteiger partial charge in [-0.15, -0.1) is 0 Å². The van der Waals surface area contributed by atoms with Crippen LogP contribution in [0.2, 0.25) is 0 Å². The maximum atomic E-state index is 13.2. The zero-order valence-corrected chi connectivity index (χ0v) is 16.7. The molecule has 0 saturated carbocycles. The Balaban J connectivity index is 1.56. The van der Waals surface area contributed by atoms with Crippen molar-refractivity contribution < 1.29 is 4.79 Å². The molecule has 0 aliphatic rings. The quantitative estimate of drug-likeness (QED) is 0.473. The van der Waals surface area contributed by atoms with E-state index in [2.05, 4.69) is 20.4 Å². The molecule has 2 aromatic heterocycles. The normalized spacial score (nSPS) is 12.2. The van der Waals surface area contributed by atoms with Crippen molar-refractivity contribution in [1.29, 1.82) is 0 Å².